The molecule has 0 radical (unpaired) electrons. The van der Waals surface area contributed by atoms with Gasteiger partial charge in [-0.2, -0.15) is 0 Å². The van der Waals surface area contributed by atoms with E-state index < -0.39 is 12.1 Å². The molecule has 0 saturated carbocycles. The highest BCUT2D eigenvalue weighted by molar-refractivity contribution is 5.98. The fraction of sp³-hybridized carbons (Fsp3) is 0.579. The Morgan fingerprint density at radius 2 is 1.64 bits per heavy atom. The molecule has 0 aliphatic carbocycles. The van der Waals surface area contributed by atoms with Crippen LogP contribution in [0.1, 0.15) is 51.4 Å². The van der Waals surface area contributed by atoms with Crippen molar-refractivity contribution in [3.8, 4) is 0 Å². The number of carbonyl (C=O) groups excluding carboxylic acids is 2. The number of Topliss-reactive ketones (excluding diaryl/α,β-unsaturated/α-hetero) is 2. The molecule has 0 heterocycles. The summed E-state index contributed by atoms with van der Waals surface area (Å²) < 4.78 is 13.2. The molecule has 1 aromatic rings. The number of carbonyl (C=O) groups is 2. The maximum absolute atomic E-state index is 13.2. The van der Waals surface area contributed by atoms with E-state index in [1.807, 2.05) is 45.9 Å². The Hall–Kier alpha value is -1.51. The molecule has 0 aromatic heterocycles. The van der Waals surface area contributed by atoms with Crippen LogP contribution in [-0.2, 0) is 4.79 Å². The molecule has 0 unspecified atom stereocenters. The van der Waals surface area contributed by atoms with Crippen LogP contribution in [0.4, 0.5) is 4.39 Å². The third kappa shape index (κ3) is 4.75. The molecule has 0 aliphatic heterocycles. The Kier molecular flexibility index (Phi) is 6.46. The summed E-state index contributed by atoms with van der Waals surface area (Å²) >= 11 is 0. The van der Waals surface area contributed by atoms with Gasteiger partial charge in [-0.25, -0.2) is 0 Å². The zero-order valence-corrected chi connectivity index (χ0v) is 14.2. The van der Waals surface area contributed by atoms with Crippen molar-refractivity contribution >= 4 is 11.6 Å². The average molecular weight is 306 g/mol. The SMILES string of the molecule is C[C@@H](CF)[C@@H](CC(=O)C(C)(C)C)[C@@H](C)C(=O)c1ccccc1. The number of ketones is 2. The quantitative estimate of drug-likeness (QED) is 0.682. The standard InChI is InChI=1S/C19H27FO2/c1-13(12-20)16(11-17(21)19(3,4)5)14(2)18(22)15-9-7-6-8-10-15/h6-10,13-14,16H,11-12H2,1-5H3/t13-,14+,16+/m0/s1. The molecular weight excluding hydrogens is 279 g/mol. The van der Waals surface area contributed by atoms with Crippen molar-refractivity contribution in [1.29, 1.82) is 0 Å². The van der Waals surface area contributed by atoms with Crippen molar-refractivity contribution < 1.29 is 14.0 Å². The van der Waals surface area contributed by atoms with E-state index in [0.717, 1.165) is 0 Å². The number of hydrogen-bond acceptors (Lipinski definition) is 2. The molecule has 22 heavy (non-hydrogen) atoms. The van der Waals surface area contributed by atoms with Gasteiger partial charge in [-0.1, -0.05) is 65.0 Å². The van der Waals surface area contributed by atoms with Gasteiger partial charge in [0.05, 0.1) is 6.67 Å². The first-order chi connectivity index (χ1) is 10.2. The van der Waals surface area contributed by atoms with Crippen LogP contribution in [-0.4, -0.2) is 18.2 Å². The summed E-state index contributed by atoms with van der Waals surface area (Å²) in [5.41, 5.74) is 0.151. The lowest BCUT2D eigenvalue weighted by atomic mass is 9.74. The Morgan fingerprint density at radius 1 is 1.09 bits per heavy atom. The maximum atomic E-state index is 13.2. The van der Waals surface area contributed by atoms with Crippen LogP contribution in [0, 0.1) is 23.2 Å². The van der Waals surface area contributed by atoms with E-state index >= 15 is 0 Å². The average Bonchev–Trinajstić information content (AvgIpc) is 2.50. The molecule has 0 saturated heterocycles. The van der Waals surface area contributed by atoms with Crippen LogP contribution in [0.5, 0.6) is 0 Å². The van der Waals surface area contributed by atoms with E-state index in [0.29, 0.717) is 5.56 Å². The number of hydrogen-bond donors (Lipinski definition) is 0. The molecule has 0 aliphatic rings. The summed E-state index contributed by atoms with van der Waals surface area (Å²) in [6.07, 6.45) is 0.244. The van der Waals surface area contributed by atoms with Gasteiger partial charge in [-0.15, -0.1) is 0 Å². The fourth-order valence-electron chi connectivity index (χ4n) is 2.57. The fourth-order valence-corrected chi connectivity index (χ4v) is 2.57. The van der Waals surface area contributed by atoms with E-state index in [1.165, 1.54) is 0 Å². The number of benzene rings is 1. The van der Waals surface area contributed by atoms with Gasteiger partial charge in [0.25, 0.3) is 0 Å². The minimum atomic E-state index is -0.519. The topological polar surface area (TPSA) is 34.1 Å². The molecule has 0 amide bonds. The summed E-state index contributed by atoms with van der Waals surface area (Å²) in [6.45, 7) is 8.63. The third-order valence-electron chi connectivity index (χ3n) is 4.35. The molecule has 2 nitrogen and oxygen atoms in total. The van der Waals surface area contributed by atoms with Gasteiger partial charge in [0.2, 0.25) is 0 Å². The number of alkyl halides is 1. The first-order valence-corrected chi connectivity index (χ1v) is 7.87. The molecular formula is C19H27FO2. The second-order valence-corrected chi connectivity index (χ2v) is 7.19. The summed E-state index contributed by atoms with van der Waals surface area (Å²) in [5, 5.41) is 0. The lowest BCUT2D eigenvalue weighted by molar-refractivity contribution is -0.128. The van der Waals surface area contributed by atoms with E-state index in [4.69, 9.17) is 0 Å². The molecule has 0 bridgehead atoms. The zero-order chi connectivity index (χ0) is 16.9. The Labute approximate surface area is 133 Å². The van der Waals surface area contributed by atoms with Gasteiger partial charge in [0, 0.05) is 23.3 Å². The predicted octanol–water partition coefficient (Wildman–Crippen LogP) is 4.73. The first kappa shape index (κ1) is 18.5. The van der Waals surface area contributed by atoms with Gasteiger partial charge >= 0.3 is 0 Å². The summed E-state index contributed by atoms with van der Waals surface area (Å²) in [7, 11) is 0. The maximum Gasteiger partial charge on any atom is 0.165 e. The summed E-state index contributed by atoms with van der Waals surface area (Å²) in [5.74, 6) is -0.907. The summed E-state index contributed by atoms with van der Waals surface area (Å²) in [4.78, 5) is 24.9. The van der Waals surface area contributed by atoms with E-state index in [-0.39, 0.29) is 35.7 Å². The van der Waals surface area contributed by atoms with Crippen LogP contribution >= 0.6 is 0 Å². The second kappa shape index (κ2) is 7.66. The highest BCUT2D eigenvalue weighted by Gasteiger charge is 2.34. The third-order valence-corrected chi connectivity index (χ3v) is 4.35. The van der Waals surface area contributed by atoms with Crippen LogP contribution in [0.2, 0.25) is 0 Å². The van der Waals surface area contributed by atoms with Crippen molar-refractivity contribution in [3.05, 3.63) is 35.9 Å². The normalized spacial score (nSPS) is 15.9. The largest absolute Gasteiger partial charge is 0.299 e. The lowest BCUT2D eigenvalue weighted by Gasteiger charge is -2.29. The van der Waals surface area contributed by atoms with Gasteiger partial charge in [0.1, 0.15) is 5.78 Å². The van der Waals surface area contributed by atoms with Gasteiger partial charge in [-0.3, -0.25) is 14.0 Å². The van der Waals surface area contributed by atoms with Gasteiger partial charge < -0.3 is 0 Å². The van der Waals surface area contributed by atoms with Crippen molar-refractivity contribution in [1.82, 2.24) is 0 Å². The first-order valence-electron chi connectivity index (χ1n) is 7.87. The Morgan fingerprint density at radius 3 is 2.09 bits per heavy atom. The molecule has 0 N–H and O–H groups in total. The molecule has 1 aromatic carbocycles. The number of rotatable bonds is 7. The lowest BCUT2D eigenvalue weighted by Crippen LogP contribution is -2.33. The van der Waals surface area contributed by atoms with E-state index in [1.54, 1.807) is 19.1 Å². The van der Waals surface area contributed by atoms with E-state index in [2.05, 4.69) is 0 Å². The van der Waals surface area contributed by atoms with Gasteiger partial charge in [0.15, 0.2) is 5.78 Å². The van der Waals surface area contributed by atoms with Crippen LogP contribution in [0.25, 0.3) is 0 Å². The van der Waals surface area contributed by atoms with E-state index in [9.17, 15) is 14.0 Å². The number of halogens is 1. The Bertz CT molecular complexity index is 502. The van der Waals surface area contributed by atoms with Gasteiger partial charge in [-0.05, 0) is 11.8 Å². The predicted molar refractivity (Wildman–Crippen MR) is 87.6 cm³/mol. The van der Waals surface area contributed by atoms with Crippen molar-refractivity contribution in [2.75, 3.05) is 6.67 Å². The monoisotopic (exact) mass is 306 g/mol. The second-order valence-electron chi connectivity index (χ2n) is 7.19. The zero-order valence-electron chi connectivity index (χ0n) is 14.2. The smallest absolute Gasteiger partial charge is 0.165 e. The van der Waals surface area contributed by atoms with Crippen molar-refractivity contribution in [2.45, 2.75) is 41.0 Å². The molecule has 1 rings (SSSR count). The minimum absolute atomic E-state index is 0.0207. The molecule has 3 atom stereocenters. The highest BCUT2D eigenvalue weighted by Crippen LogP contribution is 2.31. The molecule has 0 spiro atoms. The van der Waals surface area contributed by atoms with Crippen LogP contribution < -0.4 is 0 Å². The van der Waals surface area contributed by atoms with Crippen molar-refractivity contribution in [3.63, 3.8) is 0 Å². The molecule has 0 fully saturated rings. The van der Waals surface area contributed by atoms with Crippen LogP contribution in [0.15, 0.2) is 30.3 Å². The Balaban J connectivity index is 2.97. The van der Waals surface area contributed by atoms with Crippen molar-refractivity contribution in [2.24, 2.45) is 23.2 Å². The molecule has 3 heteroatoms. The minimum Gasteiger partial charge on any atom is -0.299 e. The van der Waals surface area contributed by atoms with Crippen LogP contribution in [0.3, 0.4) is 0 Å². The highest BCUT2D eigenvalue weighted by atomic mass is 19.1. The molecule has 122 valence electrons. The summed E-state index contributed by atoms with van der Waals surface area (Å²) in [6, 6.07) is 9.01.